The van der Waals surface area contributed by atoms with Gasteiger partial charge in [0.25, 0.3) is 0 Å². The molecule has 0 aliphatic carbocycles. The van der Waals surface area contributed by atoms with Gasteiger partial charge in [0.05, 0.1) is 12.5 Å². The van der Waals surface area contributed by atoms with Gasteiger partial charge in [0, 0.05) is 37.9 Å². The van der Waals surface area contributed by atoms with E-state index in [9.17, 15) is 9.59 Å². The quantitative estimate of drug-likeness (QED) is 0.855. The largest absolute Gasteiger partial charge is 0.371 e. The van der Waals surface area contributed by atoms with Crippen LogP contribution in [0.3, 0.4) is 0 Å². The molecule has 1 unspecified atom stereocenters. The lowest BCUT2D eigenvalue weighted by atomic mass is 9.90. The van der Waals surface area contributed by atoms with Crippen molar-refractivity contribution in [2.24, 2.45) is 0 Å². The highest BCUT2D eigenvalue weighted by atomic mass is 16.2. The number of carbonyl (C=O) groups is 2. The number of amides is 2. The molecule has 2 amide bonds. The number of aryl methyl sites for hydroxylation is 1. The van der Waals surface area contributed by atoms with Crippen molar-refractivity contribution in [1.82, 2.24) is 4.90 Å². The molecule has 0 spiro atoms. The average molecular weight is 392 g/mol. The first-order valence-corrected chi connectivity index (χ1v) is 10.5. The summed E-state index contributed by atoms with van der Waals surface area (Å²) in [5.41, 5.74) is 5.56. The van der Waals surface area contributed by atoms with Crippen LogP contribution in [0.5, 0.6) is 0 Å². The summed E-state index contributed by atoms with van der Waals surface area (Å²) >= 11 is 0. The van der Waals surface area contributed by atoms with Gasteiger partial charge in [-0.2, -0.15) is 0 Å². The molecule has 5 heteroatoms. The van der Waals surface area contributed by atoms with Gasteiger partial charge in [-0.3, -0.25) is 9.59 Å². The predicted octanol–water partition coefficient (Wildman–Crippen LogP) is 4.07. The van der Waals surface area contributed by atoms with Crippen molar-refractivity contribution in [3.63, 3.8) is 0 Å². The maximum absolute atomic E-state index is 12.9. The summed E-state index contributed by atoms with van der Waals surface area (Å²) in [5, 5.41) is 3.04. The first kappa shape index (κ1) is 19.5. The highest BCUT2D eigenvalue weighted by molar-refractivity contribution is 5.92. The van der Waals surface area contributed by atoms with Gasteiger partial charge < -0.3 is 15.1 Å². The summed E-state index contributed by atoms with van der Waals surface area (Å²) in [6.07, 6.45) is 3.59. The molecule has 2 aromatic carbocycles. The van der Waals surface area contributed by atoms with Crippen LogP contribution in [0.1, 0.15) is 48.9 Å². The van der Waals surface area contributed by atoms with E-state index in [2.05, 4.69) is 29.3 Å². The van der Waals surface area contributed by atoms with E-state index < -0.39 is 0 Å². The zero-order chi connectivity index (χ0) is 20.4. The summed E-state index contributed by atoms with van der Waals surface area (Å²) < 4.78 is 0. The molecular weight excluding hydrogens is 362 g/mol. The average Bonchev–Trinajstić information content (AvgIpc) is 3.22. The van der Waals surface area contributed by atoms with Crippen molar-refractivity contribution in [3.05, 3.63) is 59.2 Å². The normalized spacial score (nSPS) is 18.5. The van der Waals surface area contributed by atoms with Gasteiger partial charge in [0.2, 0.25) is 11.8 Å². The van der Waals surface area contributed by atoms with Gasteiger partial charge >= 0.3 is 0 Å². The molecule has 2 heterocycles. The minimum atomic E-state index is -0.206. The third-order valence-corrected chi connectivity index (χ3v) is 6.12. The number of hydrogen-bond acceptors (Lipinski definition) is 3. The summed E-state index contributed by atoms with van der Waals surface area (Å²) in [6.45, 7) is 6.55. The molecule has 1 fully saturated rings. The topological polar surface area (TPSA) is 52.7 Å². The van der Waals surface area contributed by atoms with Gasteiger partial charge in [0.15, 0.2) is 0 Å². The van der Waals surface area contributed by atoms with Crippen LogP contribution in [-0.4, -0.2) is 36.3 Å². The van der Waals surface area contributed by atoms with Crippen molar-refractivity contribution in [2.75, 3.05) is 29.9 Å². The fraction of sp³-hybridized carbons (Fsp3) is 0.417. The maximum atomic E-state index is 12.9. The smallest absolute Gasteiger partial charge is 0.226 e. The fourth-order valence-corrected chi connectivity index (χ4v) is 4.68. The van der Waals surface area contributed by atoms with Crippen molar-refractivity contribution in [1.29, 1.82) is 0 Å². The van der Waals surface area contributed by atoms with Crippen LogP contribution in [0.4, 0.5) is 11.4 Å². The molecule has 5 nitrogen and oxygen atoms in total. The number of anilines is 2. The molecule has 2 aliphatic rings. The van der Waals surface area contributed by atoms with E-state index in [4.69, 9.17) is 0 Å². The summed E-state index contributed by atoms with van der Waals surface area (Å²) in [7, 11) is 0. The Hall–Kier alpha value is -2.82. The van der Waals surface area contributed by atoms with Crippen LogP contribution in [-0.2, 0) is 16.0 Å². The maximum Gasteiger partial charge on any atom is 0.226 e. The molecule has 0 radical (unpaired) electrons. The highest BCUT2D eigenvalue weighted by Gasteiger charge is 2.30. The molecular formula is C24H29N3O2. The monoisotopic (exact) mass is 391 g/mol. The number of nitrogens with one attached hydrogen (secondary N) is 1. The van der Waals surface area contributed by atoms with Crippen molar-refractivity contribution < 1.29 is 9.59 Å². The van der Waals surface area contributed by atoms with E-state index in [0.717, 1.165) is 30.8 Å². The van der Waals surface area contributed by atoms with Crippen molar-refractivity contribution in [2.45, 2.75) is 45.6 Å². The fourth-order valence-electron chi connectivity index (χ4n) is 4.68. The number of nitrogens with zero attached hydrogens (tertiary/aromatic N) is 2. The Morgan fingerprint density at radius 1 is 1.07 bits per heavy atom. The van der Waals surface area contributed by atoms with Crippen LogP contribution >= 0.6 is 0 Å². The minimum Gasteiger partial charge on any atom is -0.371 e. The standard InChI is InChI=1S/C24H29N3O2/c1-17-15-20(9-10-22(17)26-12-5-6-13-26)25-24(29)16-23-21-8-4-3-7-19(21)11-14-27(23)18(2)28/h3-4,7-10,15,23H,5-6,11-14,16H2,1-2H3,(H,25,29). The van der Waals surface area contributed by atoms with Crippen LogP contribution in [0.25, 0.3) is 0 Å². The molecule has 152 valence electrons. The molecule has 0 bridgehead atoms. The molecule has 2 aromatic rings. The van der Waals surface area contributed by atoms with Crippen LogP contribution < -0.4 is 10.2 Å². The third-order valence-electron chi connectivity index (χ3n) is 6.12. The van der Waals surface area contributed by atoms with E-state index in [1.807, 2.05) is 35.2 Å². The van der Waals surface area contributed by atoms with E-state index in [1.165, 1.54) is 29.7 Å². The number of fused-ring (bicyclic) bond motifs is 1. The summed E-state index contributed by atoms with van der Waals surface area (Å²) in [4.78, 5) is 29.2. The zero-order valence-electron chi connectivity index (χ0n) is 17.3. The second kappa shape index (κ2) is 8.27. The van der Waals surface area contributed by atoms with Crippen LogP contribution in [0.2, 0.25) is 0 Å². The van der Waals surface area contributed by atoms with Crippen molar-refractivity contribution in [3.8, 4) is 0 Å². The Labute approximate surface area is 172 Å². The Bertz CT molecular complexity index is 918. The SMILES string of the molecule is CC(=O)N1CCc2ccccc2C1CC(=O)Nc1ccc(N2CCCC2)c(C)c1. The first-order chi connectivity index (χ1) is 14.0. The Morgan fingerprint density at radius 2 is 1.83 bits per heavy atom. The van der Waals surface area contributed by atoms with Crippen LogP contribution in [0, 0.1) is 6.92 Å². The van der Waals surface area contributed by atoms with E-state index in [1.54, 1.807) is 6.92 Å². The van der Waals surface area contributed by atoms with Gasteiger partial charge in [-0.05, 0) is 61.1 Å². The second-order valence-electron chi connectivity index (χ2n) is 8.12. The highest BCUT2D eigenvalue weighted by Crippen LogP contribution is 2.33. The molecule has 1 atom stereocenters. The van der Waals surface area contributed by atoms with Crippen molar-refractivity contribution >= 4 is 23.2 Å². The van der Waals surface area contributed by atoms with Gasteiger partial charge in [0.1, 0.15) is 0 Å². The lowest BCUT2D eigenvalue weighted by Gasteiger charge is -2.36. The molecule has 0 saturated carbocycles. The second-order valence-corrected chi connectivity index (χ2v) is 8.12. The number of hydrogen-bond donors (Lipinski definition) is 1. The predicted molar refractivity (Wildman–Crippen MR) is 116 cm³/mol. The number of carbonyl (C=O) groups excluding carboxylic acids is 2. The number of benzene rings is 2. The minimum absolute atomic E-state index is 0.0168. The molecule has 1 saturated heterocycles. The van der Waals surface area contributed by atoms with E-state index >= 15 is 0 Å². The molecule has 0 aromatic heterocycles. The number of rotatable bonds is 4. The zero-order valence-corrected chi connectivity index (χ0v) is 17.3. The lowest BCUT2D eigenvalue weighted by molar-refractivity contribution is -0.132. The van der Waals surface area contributed by atoms with E-state index in [-0.39, 0.29) is 24.3 Å². The lowest BCUT2D eigenvalue weighted by Crippen LogP contribution is -2.40. The first-order valence-electron chi connectivity index (χ1n) is 10.5. The summed E-state index contributed by atoms with van der Waals surface area (Å²) in [6, 6.07) is 14.1. The molecule has 1 N–H and O–H groups in total. The Balaban J connectivity index is 1.48. The van der Waals surface area contributed by atoms with E-state index in [0.29, 0.717) is 6.54 Å². The molecule has 29 heavy (non-hydrogen) atoms. The van der Waals surface area contributed by atoms with Gasteiger partial charge in [-0.15, -0.1) is 0 Å². The molecule has 4 rings (SSSR count). The molecule has 2 aliphatic heterocycles. The summed E-state index contributed by atoms with van der Waals surface area (Å²) in [5.74, 6) is -0.0469. The van der Waals surface area contributed by atoms with Gasteiger partial charge in [-0.25, -0.2) is 0 Å². The van der Waals surface area contributed by atoms with Crippen LogP contribution in [0.15, 0.2) is 42.5 Å². The Morgan fingerprint density at radius 3 is 2.55 bits per heavy atom. The Kier molecular flexibility index (Phi) is 5.56. The van der Waals surface area contributed by atoms with Gasteiger partial charge in [-0.1, -0.05) is 24.3 Å². The third kappa shape index (κ3) is 4.14.